The Morgan fingerprint density at radius 2 is 2.04 bits per heavy atom. The zero-order chi connectivity index (χ0) is 20.1. The summed E-state index contributed by atoms with van der Waals surface area (Å²) in [4.78, 5) is 12.2. The summed E-state index contributed by atoms with van der Waals surface area (Å²) in [7, 11) is 3.47. The number of pyridine rings is 1. The van der Waals surface area contributed by atoms with Gasteiger partial charge < -0.3 is 20.4 Å². The van der Waals surface area contributed by atoms with Crippen LogP contribution in [0.2, 0.25) is 0 Å². The highest BCUT2D eigenvalue weighted by molar-refractivity contribution is 5.84. The van der Waals surface area contributed by atoms with Crippen LogP contribution in [0.1, 0.15) is 27.9 Å². The van der Waals surface area contributed by atoms with E-state index in [2.05, 4.69) is 56.9 Å². The van der Waals surface area contributed by atoms with Gasteiger partial charge in [0.05, 0.1) is 19.3 Å². The fourth-order valence-corrected chi connectivity index (χ4v) is 3.46. The number of guanidine groups is 1. The lowest BCUT2D eigenvalue weighted by Gasteiger charge is -2.15. The van der Waals surface area contributed by atoms with Gasteiger partial charge in [0.15, 0.2) is 5.96 Å². The minimum absolute atomic E-state index is 0.592. The van der Waals surface area contributed by atoms with Crippen LogP contribution in [0.5, 0.6) is 5.75 Å². The second-order valence-electron chi connectivity index (χ2n) is 7.01. The van der Waals surface area contributed by atoms with Crippen molar-refractivity contribution in [2.24, 2.45) is 4.99 Å². The molecule has 0 aliphatic heterocycles. The molecule has 0 fully saturated rings. The van der Waals surface area contributed by atoms with Gasteiger partial charge in [-0.25, -0.2) is 0 Å². The van der Waals surface area contributed by atoms with Crippen molar-refractivity contribution in [2.75, 3.05) is 20.7 Å². The number of benzene rings is 1. The molecule has 3 aromatic rings. The highest BCUT2D eigenvalue weighted by atomic mass is 16.5. The minimum atomic E-state index is 0.592. The number of methoxy groups -OCH3 is 1. The number of aliphatic imine (C=N–C) groups is 1. The van der Waals surface area contributed by atoms with Crippen molar-refractivity contribution >= 4 is 16.9 Å². The number of rotatable bonds is 6. The molecule has 0 spiro atoms. The fourth-order valence-electron chi connectivity index (χ4n) is 3.46. The van der Waals surface area contributed by atoms with Crippen molar-refractivity contribution in [3.05, 3.63) is 58.5 Å². The molecule has 2 heterocycles. The lowest BCUT2D eigenvalue weighted by molar-refractivity contribution is 0.406. The van der Waals surface area contributed by atoms with Crippen molar-refractivity contribution < 1.29 is 4.74 Å². The quantitative estimate of drug-likeness (QED) is 0.453. The third kappa shape index (κ3) is 4.27. The summed E-state index contributed by atoms with van der Waals surface area (Å²) in [6.45, 7) is 7.53. The monoisotopic (exact) mass is 379 g/mol. The summed E-state index contributed by atoms with van der Waals surface area (Å²) < 4.78 is 5.48. The summed E-state index contributed by atoms with van der Waals surface area (Å²) in [6, 6.07) is 6.51. The maximum absolute atomic E-state index is 5.48. The molecule has 6 nitrogen and oxygen atoms in total. The molecule has 0 unspecified atom stereocenters. The van der Waals surface area contributed by atoms with E-state index in [9.17, 15) is 0 Å². The molecule has 2 aromatic heterocycles. The highest BCUT2D eigenvalue weighted by Crippen LogP contribution is 2.23. The maximum atomic E-state index is 5.48. The number of aromatic amines is 1. The van der Waals surface area contributed by atoms with E-state index in [1.807, 2.05) is 20.0 Å². The first-order valence-corrected chi connectivity index (χ1v) is 9.53. The van der Waals surface area contributed by atoms with Crippen LogP contribution in [-0.4, -0.2) is 36.6 Å². The van der Waals surface area contributed by atoms with Crippen LogP contribution in [0.4, 0.5) is 0 Å². The van der Waals surface area contributed by atoms with E-state index < -0.39 is 0 Å². The van der Waals surface area contributed by atoms with E-state index in [-0.39, 0.29) is 0 Å². The largest absolute Gasteiger partial charge is 0.496 e. The van der Waals surface area contributed by atoms with Crippen LogP contribution in [0.15, 0.2) is 35.6 Å². The maximum Gasteiger partial charge on any atom is 0.191 e. The van der Waals surface area contributed by atoms with E-state index in [0.29, 0.717) is 6.54 Å². The first kappa shape index (κ1) is 19.7. The number of nitrogens with zero attached hydrogens (tertiary/aromatic N) is 2. The number of ether oxygens (including phenoxy) is 1. The SMILES string of the molecule is CN=C(NCCc1c[nH]c2cc(C)ccc12)NCc1ncc(C)c(OC)c1C. The Balaban J connectivity index is 1.56. The third-order valence-corrected chi connectivity index (χ3v) is 5.01. The minimum Gasteiger partial charge on any atom is -0.496 e. The number of fused-ring (bicyclic) bond motifs is 1. The molecule has 0 saturated carbocycles. The summed E-state index contributed by atoms with van der Waals surface area (Å²) in [6.07, 6.45) is 4.85. The molecule has 0 aliphatic rings. The summed E-state index contributed by atoms with van der Waals surface area (Å²) >= 11 is 0. The van der Waals surface area contributed by atoms with E-state index in [1.165, 1.54) is 22.0 Å². The van der Waals surface area contributed by atoms with Crippen LogP contribution < -0.4 is 15.4 Å². The summed E-state index contributed by atoms with van der Waals surface area (Å²) in [5.41, 5.74) is 6.81. The van der Waals surface area contributed by atoms with Crippen molar-refractivity contribution in [3.63, 3.8) is 0 Å². The van der Waals surface area contributed by atoms with E-state index >= 15 is 0 Å². The number of hydrogen-bond donors (Lipinski definition) is 3. The first-order valence-electron chi connectivity index (χ1n) is 9.53. The molecule has 1 aromatic carbocycles. The van der Waals surface area contributed by atoms with Gasteiger partial charge in [-0.05, 0) is 44.4 Å². The Bertz CT molecular complexity index is 990. The van der Waals surface area contributed by atoms with Crippen molar-refractivity contribution in [3.8, 4) is 5.75 Å². The van der Waals surface area contributed by atoms with Gasteiger partial charge in [0.2, 0.25) is 0 Å². The smallest absolute Gasteiger partial charge is 0.191 e. The van der Waals surface area contributed by atoms with E-state index in [0.717, 1.165) is 41.5 Å². The van der Waals surface area contributed by atoms with Gasteiger partial charge in [-0.3, -0.25) is 9.98 Å². The van der Waals surface area contributed by atoms with Gasteiger partial charge in [0.25, 0.3) is 0 Å². The van der Waals surface area contributed by atoms with Crippen LogP contribution in [-0.2, 0) is 13.0 Å². The number of aryl methyl sites for hydroxylation is 2. The normalized spacial score (nSPS) is 11.7. The van der Waals surface area contributed by atoms with Gasteiger partial charge in [0.1, 0.15) is 5.75 Å². The molecular weight excluding hydrogens is 350 g/mol. The second-order valence-corrected chi connectivity index (χ2v) is 7.01. The standard InChI is InChI=1S/C22H29N5O/c1-14-6-7-18-17(12-26-19(18)10-14)8-9-24-22(23-4)27-13-20-16(3)21(28-5)15(2)11-25-20/h6-7,10-12,26H,8-9,13H2,1-5H3,(H2,23,24,27). The molecule has 0 amide bonds. The predicted octanol–water partition coefficient (Wildman–Crippen LogP) is 3.40. The zero-order valence-corrected chi connectivity index (χ0v) is 17.3. The van der Waals surface area contributed by atoms with Crippen molar-refractivity contribution in [1.29, 1.82) is 0 Å². The Hall–Kier alpha value is -3.02. The molecule has 0 bridgehead atoms. The average molecular weight is 380 g/mol. The highest BCUT2D eigenvalue weighted by Gasteiger charge is 2.10. The number of hydrogen-bond acceptors (Lipinski definition) is 3. The van der Waals surface area contributed by atoms with Crippen molar-refractivity contribution in [2.45, 2.75) is 33.7 Å². The molecular formula is C22H29N5O. The van der Waals surface area contributed by atoms with Crippen LogP contribution >= 0.6 is 0 Å². The van der Waals surface area contributed by atoms with Gasteiger partial charge in [-0.15, -0.1) is 0 Å². The Kier molecular flexibility index (Phi) is 6.19. The van der Waals surface area contributed by atoms with Crippen LogP contribution in [0.3, 0.4) is 0 Å². The average Bonchev–Trinajstić information content (AvgIpc) is 3.08. The molecule has 0 radical (unpaired) electrons. The molecule has 6 heteroatoms. The predicted molar refractivity (Wildman–Crippen MR) is 115 cm³/mol. The van der Waals surface area contributed by atoms with Gasteiger partial charge in [-0.2, -0.15) is 0 Å². The molecule has 0 aliphatic carbocycles. The molecule has 28 heavy (non-hydrogen) atoms. The summed E-state index contributed by atoms with van der Waals surface area (Å²) in [5, 5.41) is 7.99. The lowest BCUT2D eigenvalue weighted by Crippen LogP contribution is -2.38. The molecule has 3 rings (SSSR count). The Morgan fingerprint density at radius 1 is 1.21 bits per heavy atom. The number of nitrogens with one attached hydrogen (secondary N) is 3. The second kappa shape index (κ2) is 8.78. The Labute approximate surface area is 166 Å². The topological polar surface area (TPSA) is 74.3 Å². The summed E-state index contributed by atoms with van der Waals surface area (Å²) in [5.74, 6) is 1.65. The molecule has 148 valence electrons. The first-order chi connectivity index (χ1) is 13.5. The van der Waals surface area contributed by atoms with Crippen LogP contribution in [0, 0.1) is 20.8 Å². The third-order valence-electron chi connectivity index (χ3n) is 5.01. The van der Waals surface area contributed by atoms with Crippen LogP contribution in [0.25, 0.3) is 10.9 Å². The lowest BCUT2D eigenvalue weighted by atomic mass is 10.1. The fraction of sp³-hybridized carbons (Fsp3) is 0.364. The number of H-pyrrole nitrogens is 1. The van der Waals surface area contributed by atoms with E-state index in [4.69, 9.17) is 4.74 Å². The Morgan fingerprint density at radius 3 is 2.79 bits per heavy atom. The molecule has 0 saturated heterocycles. The van der Waals surface area contributed by atoms with E-state index in [1.54, 1.807) is 14.2 Å². The number of aromatic nitrogens is 2. The van der Waals surface area contributed by atoms with Gasteiger partial charge in [-0.1, -0.05) is 12.1 Å². The van der Waals surface area contributed by atoms with Gasteiger partial charge >= 0.3 is 0 Å². The molecule has 3 N–H and O–H groups in total. The zero-order valence-electron chi connectivity index (χ0n) is 17.3. The van der Waals surface area contributed by atoms with Crippen molar-refractivity contribution in [1.82, 2.24) is 20.6 Å². The molecule has 0 atom stereocenters. The van der Waals surface area contributed by atoms with Gasteiger partial charge in [0, 0.05) is 48.0 Å².